The molecule has 7 saturated heterocycles. The lowest BCUT2D eigenvalue weighted by Crippen LogP contribution is -2.61. The molecular formula is C91H106F8N34O9. The average Bonchev–Trinajstić information content (AvgIpc) is 1.13. The molecule has 7 fully saturated rings. The van der Waals surface area contributed by atoms with Crippen LogP contribution in [0.3, 0.4) is 0 Å². The second kappa shape index (κ2) is 42.3. The second-order valence-electron chi connectivity index (χ2n) is 36.9. The summed E-state index contributed by atoms with van der Waals surface area (Å²) in [6, 6.07) is 0.585. The van der Waals surface area contributed by atoms with Gasteiger partial charge in [-0.2, -0.15) is 0 Å². The quantitative estimate of drug-likeness (QED) is 0.0383. The first-order valence-electron chi connectivity index (χ1n) is 46.0. The number of aromatic nitrogens is 16. The summed E-state index contributed by atoms with van der Waals surface area (Å²) in [4.78, 5) is 149. The van der Waals surface area contributed by atoms with Crippen LogP contribution in [0.15, 0.2) is 99.1 Å². The molecule has 750 valence electrons. The van der Waals surface area contributed by atoms with E-state index in [1.165, 1.54) is 24.8 Å². The van der Waals surface area contributed by atoms with Crippen LogP contribution in [-0.4, -0.2) is 289 Å². The highest BCUT2D eigenvalue weighted by Gasteiger charge is 2.42. The molecule has 12 aromatic rings. The van der Waals surface area contributed by atoms with Crippen molar-refractivity contribution in [2.24, 2.45) is 23.7 Å². The summed E-state index contributed by atoms with van der Waals surface area (Å²) in [7, 11) is 7.72. The minimum atomic E-state index is -0.681. The third-order valence-electron chi connectivity index (χ3n) is 25.9. The van der Waals surface area contributed by atoms with Gasteiger partial charge >= 0.3 is 0 Å². The fourth-order valence-electron chi connectivity index (χ4n) is 18.3. The van der Waals surface area contributed by atoms with E-state index in [1.54, 1.807) is 26.7 Å². The maximum atomic E-state index is 15.0. The van der Waals surface area contributed by atoms with Crippen LogP contribution in [0.2, 0.25) is 0 Å². The van der Waals surface area contributed by atoms with E-state index in [4.69, 9.17) is 27.7 Å². The number of methoxy groups -OCH3 is 1. The van der Waals surface area contributed by atoms with Crippen molar-refractivity contribution < 1.29 is 78.2 Å². The van der Waals surface area contributed by atoms with Crippen LogP contribution in [0, 0.1) is 70.2 Å². The van der Waals surface area contributed by atoms with Crippen molar-refractivity contribution in [3.05, 3.63) is 168 Å². The number of anilines is 12. The third kappa shape index (κ3) is 22.1. The lowest BCUT2D eigenvalue weighted by Gasteiger charge is -2.45. The molecule has 14 N–H and O–H groups in total. The predicted molar refractivity (Wildman–Crippen MR) is 506 cm³/mol. The smallest absolute Gasteiger partial charge is 0.263 e. The SMILES string of the molecule is CC(C)(C)NC(=O)C1CCN(c2c(F)cncc2NC(=O)c2c(N)nn3cc(F)cnc23)CC1.CN(C)C1CN(C(=O)C2CCN(c3c(F)cncc3NC(=O)c3c(N)nn4cc(F)cnc34)CC2)C1.CN1CCC(NC(=O)C2CCN(c3c(F)cncc3NC(=O)c3c(N)nn4cc(F)cnc34)CC2)CC1.COC1CN(C(=O)C2CCN(c3c(F)cncc3NC(=O)c3c(N)nn4cc(F)cnc34)CC2)C1. The van der Waals surface area contributed by atoms with Crippen molar-refractivity contribution in [2.45, 2.75) is 109 Å². The molecule has 0 saturated carbocycles. The van der Waals surface area contributed by atoms with Crippen molar-refractivity contribution in [1.82, 2.24) is 109 Å². The van der Waals surface area contributed by atoms with Gasteiger partial charge in [0.1, 0.15) is 45.0 Å². The first-order valence-corrected chi connectivity index (χ1v) is 46.0. The number of pyridine rings is 4. The number of carbonyl (C=O) groups excluding carboxylic acids is 8. The zero-order valence-electron chi connectivity index (χ0n) is 78.5. The molecule has 7 aliphatic heterocycles. The topological polar surface area (TPSA) is 520 Å². The predicted octanol–water partition coefficient (Wildman–Crippen LogP) is 6.57. The second-order valence-corrected chi connectivity index (χ2v) is 36.9. The van der Waals surface area contributed by atoms with E-state index in [2.05, 4.69) is 109 Å². The highest BCUT2D eigenvalue weighted by Crippen LogP contribution is 2.40. The summed E-state index contributed by atoms with van der Waals surface area (Å²) in [6.45, 7) is 13.8. The van der Waals surface area contributed by atoms with E-state index < -0.39 is 70.2 Å². The number of likely N-dealkylation sites (tertiary alicyclic amines) is 3. The van der Waals surface area contributed by atoms with Crippen molar-refractivity contribution in [3.63, 3.8) is 0 Å². The lowest BCUT2D eigenvalue weighted by atomic mass is 9.93. The monoisotopic (exact) mass is 1970 g/mol. The molecule has 0 unspecified atom stereocenters. The molecule has 19 rings (SSSR count). The molecule has 8 amide bonds. The van der Waals surface area contributed by atoms with E-state index in [-0.39, 0.29) is 179 Å². The summed E-state index contributed by atoms with van der Waals surface area (Å²) in [6.07, 6.45) is 24.1. The Morgan fingerprint density at radius 2 is 0.655 bits per heavy atom. The van der Waals surface area contributed by atoms with E-state index >= 15 is 0 Å². The van der Waals surface area contributed by atoms with Gasteiger partial charge in [-0.25, -0.2) is 73.1 Å². The van der Waals surface area contributed by atoms with Crippen LogP contribution >= 0.6 is 0 Å². The number of rotatable bonds is 19. The number of hydrogen-bond donors (Lipinski definition) is 10. The van der Waals surface area contributed by atoms with Crippen LogP contribution in [0.4, 0.5) is 104 Å². The van der Waals surface area contributed by atoms with E-state index in [0.717, 1.165) is 131 Å². The third-order valence-corrected chi connectivity index (χ3v) is 25.9. The first kappa shape index (κ1) is 99.6. The number of fused-ring (bicyclic) bond motifs is 4. The molecular weight excluding hydrogens is 1870 g/mol. The number of piperidine rings is 5. The molecule has 12 aromatic heterocycles. The molecule has 0 aliphatic carbocycles. The van der Waals surface area contributed by atoms with Crippen LogP contribution in [0.1, 0.15) is 126 Å². The maximum Gasteiger partial charge on any atom is 0.263 e. The highest BCUT2D eigenvalue weighted by atomic mass is 19.2. The molecule has 0 atom stereocenters. The first-order chi connectivity index (χ1) is 67.9. The van der Waals surface area contributed by atoms with Crippen molar-refractivity contribution in [3.8, 4) is 0 Å². The Morgan fingerprint density at radius 3 is 0.930 bits per heavy atom. The van der Waals surface area contributed by atoms with Gasteiger partial charge in [-0.05, 0) is 119 Å². The minimum absolute atomic E-state index is 0.0247. The van der Waals surface area contributed by atoms with Gasteiger partial charge in [-0.15, -0.1) is 20.4 Å². The van der Waals surface area contributed by atoms with Gasteiger partial charge in [0.05, 0.1) is 128 Å². The standard InChI is InChI=1S/C24H29F2N9O2.C23H27F2N9O2.C22H24F2N8O3.C22H26F2N8O2/c1-33-6-4-16(5-7-33)30-23(36)14-2-8-34(9-3-14)20-17(26)11-28-12-18(20)31-24(37)19-21(27)32-35-13-15(25)10-29-22(19)35;1-31(2)15-11-33(12-15)23(36)13-3-5-32(6-4-13)19-16(25)8-27-9-17(19)29-22(35)18-20(26)30-34-10-14(24)7-28-21(18)34;1-35-14-10-31(11-14)22(34)12-2-4-30(5-3-12)18-15(24)7-26-8-16(18)28-21(33)17-19(25)29-32-9-13(23)6-27-20(17)32;1-22(2,3)29-20(33)12-4-6-31(7-5-12)17-14(24)9-26-10-15(17)28-21(34)16-18(25)30-32-11-13(23)8-27-19(16)32/h10-14,16H,2-9H2,1H3,(H2,27,32)(H,30,36)(H,31,37);7-10,13,15H,3-6,11-12H2,1-2H3,(H2,26,30)(H,29,35);6-9,12,14H,2-5,10-11H2,1H3,(H2,25,29)(H,28,33);8-12H,4-7H2,1-3H3,(H2,25,30)(H,28,34)(H,29,33). The zero-order chi connectivity index (χ0) is 101. The Kier molecular flexibility index (Phi) is 29.7. The number of nitrogens with zero attached hydrogens (tertiary/aromatic N) is 24. The number of nitrogens with one attached hydrogen (secondary N) is 6. The lowest BCUT2D eigenvalue weighted by molar-refractivity contribution is -0.148. The summed E-state index contributed by atoms with van der Waals surface area (Å²) in [5, 5.41) is 32.4. The van der Waals surface area contributed by atoms with Gasteiger partial charge in [0.2, 0.25) is 23.6 Å². The Labute approximate surface area is 805 Å². The number of likely N-dealkylation sites (N-methyl/N-ethyl adjacent to an activating group) is 1. The summed E-state index contributed by atoms with van der Waals surface area (Å²) in [5.41, 5.74) is 24.5. The minimum Gasteiger partial charge on any atom is -0.381 e. The number of nitrogens with two attached hydrogens (primary N) is 4. The number of hydrogen-bond acceptors (Lipinski definition) is 31. The number of halogens is 8. The Hall–Kier alpha value is -15.4. The Balaban J connectivity index is 0.000000136. The van der Waals surface area contributed by atoms with Gasteiger partial charge in [0, 0.05) is 127 Å². The summed E-state index contributed by atoms with van der Waals surface area (Å²) in [5.74, 6) is -8.57. The fourth-order valence-corrected chi connectivity index (χ4v) is 18.3. The molecule has 0 bridgehead atoms. The molecule has 43 nitrogen and oxygen atoms in total. The van der Waals surface area contributed by atoms with E-state index in [0.29, 0.717) is 123 Å². The number of ether oxygens (including phenoxy) is 1. The Morgan fingerprint density at radius 1 is 0.380 bits per heavy atom. The summed E-state index contributed by atoms with van der Waals surface area (Å²) >= 11 is 0. The van der Waals surface area contributed by atoms with Gasteiger partial charge in [-0.3, -0.25) is 58.3 Å². The van der Waals surface area contributed by atoms with Crippen LogP contribution in [0.25, 0.3) is 22.6 Å². The maximum absolute atomic E-state index is 15.0. The van der Waals surface area contributed by atoms with Crippen molar-refractivity contribution in [1.29, 1.82) is 0 Å². The molecule has 142 heavy (non-hydrogen) atoms. The van der Waals surface area contributed by atoms with Gasteiger partial charge in [0.25, 0.3) is 23.6 Å². The summed E-state index contributed by atoms with van der Waals surface area (Å²) < 4.78 is 123. The van der Waals surface area contributed by atoms with Crippen molar-refractivity contribution in [2.75, 3.05) is 184 Å². The normalized spacial score (nSPS) is 16.7. The Bertz CT molecular complexity index is 6750. The molecule has 0 radical (unpaired) electrons. The molecule has 7 aliphatic rings. The molecule has 19 heterocycles. The van der Waals surface area contributed by atoms with E-state index in [9.17, 15) is 73.5 Å². The van der Waals surface area contributed by atoms with E-state index in [1.807, 2.05) is 44.7 Å². The zero-order valence-corrected chi connectivity index (χ0v) is 78.5. The molecule has 51 heteroatoms. The van der Waals surface area contributed by atoms with Crippen molar-refractivity contribution >= 4 is 139 Å². The number of carbonyl (C=O) groups is 8. The van der Waals surface area contributed by atoms with Gasteiger partial charge in [-0.1, -0.05) is 0 Å². The fraction of sp³-hybridized carbons (Fsp3) is 0.429. The van der Waals surface area contributed by atoms with Gasteiger partial charge in [0.15, 0.2) is 92.4 Å². The number of nitrogen functional groups attached to an aromatic ring is 4. The number of amides is 8. The average molecular weight is 1970 g/mol. The highest BCUT2D eigenvalue weighted by molar-refractivity contribution is 6.15. The molecule has 0 spiro atoms. The van der Waals surface area contributed by atoms with Crippen LogP contribution in [-0.2, 0) is 23.9 Å². The van der Waals surface area contributed by atoms with Crippen LogP contribution in [0.5, 0.6) is 0 Å². The largest absolute Gasteiger partial charge is 0.381 e. The van der Waals surface area contributed by atoms with Gasteiger partial charge < -0.3 is 98.8 Å². The molecule has 0 aromatic carbocycles. The van der Waals surface area contributed by atoms with Crippen LogP contribution < -0.4 is 74.4 Å².